The lowest BCUT2D eigenvalue weighted by Crippen LogP contribution is -2.49. The number of anilines is 1. The molecule has 0 saturated heterocycles. The van der Waals surface area contributed by atoms with Gasteiger partial charge in [-0.15, -0.1) is 13.2 Å². The molecule has 1 aliphatic rings. The van der Waals surface area contributed by atoms with E-state index in [1.54, 1.807) is 12.1 Å². The minimum Gasteiger partial charge on any atom is -0.403 e. The Morgan fingerprint density at radius 1 is 1.35 bits per heavy atom. The Kier molecular flexibility index (Phi) is 4.35. The summed E-state index contributed by atoms with van der Waals surface area (Å²) in [5.74, 6) is -2.31. The van der Waals surface area contributed by atoms with Crippen LogP contribution in [0.4, 0.5) is 23.2 Å². The van der Waals surface area contributed by atoms with E-state index in [0.717, 1.165) is 12.1 Å². The van der Waals surface area contributed by atoms with Crippen LogP contribution in [0.5, 0.6) is 5.75 Å². The second-order valence-corrected chi connectivity index (χ2v) is 5.96. The first-order valence-electron chi connectivity index (χ1n) is 7.70. The van der Waals surface area contributed by atoms with E-state index in [4.69, 9.17) is 5.73 Å². The summed E-state index contributed by atoms with van der Waals surface area (Å²) in [6, 6.07) is 6.37. The number of pyridine rings is 1. The number of amides is 1. The zero-order chi connectivity index (χ0) is 19.1. The molecule has 0 spiro atoms. The Hall–Kier alpha value is -2.68. The van der Waals surface area contributed by atoms with Gasteiger partial charge in [-0.25, -0.2) is 4.39 Å². The van der Waals surface area contributed by atoms with E-state index in [2.05, 4.69) is 9.72 Å². The van der Waals surface area contributed by atoms with Crippen LogP contribution in [0, 0.1) is 5.82 Å². The zero-order valence-electron chi connectivity index (χ0n) is 13.7. The van der Waals surface area contributed by atoms with Gasteiger partial charge in [-0.05, 0) is 36.2 Å². The van der Waals surface area contributed by atoms with Crippen LogP contribution in [-0.4, -0.2) is 23.8 Å². The van der Waals surface area contributed by atoms with Crippen molar-refractivity contribution in [2.45, 2.75) is 25.2 Å². The number of hydrogen-bond acceptors (Lipinski definition) is 4. The number of rotatable bonds is 2. The number of benzene rings is 1. The third-order valence-corrected chi connectivity index (χ3v) is 4.28. The molecule has 1 amide bonds. The Morgan fingerprint density at radius 3 is 2.69 bits per heavy atom. The maximum absolute atomic E-state index is 14.1. The van der Waals surface area contributed by atoms with E-state index in [-0.39, 0.29) is 24.4 Å². The topological polar surface area (TPSA) is 68.5 Å². The number of hydrogen-bond donors (Lipinski definition) is 1. The molecule has 0 unspecified atom stereocenters. The van der Waals surface area contributed by atoms with Crippen molar-refractivity contribution in [3.63, 3.8) is 0 Å². The minimum atomic E-state index is -5.00. The van der Waals surface area contributed by atoms with Crippen molar-refractivity contribution in [3.8, 4) is 5.75 Å². The van der Waals surface area contributed by atoms with Gasteiger partial charge in [-0.2, -0.15) is 0 Å². The molecule has 9 heteroatoms. The highest BCUT2D eigenvalue weighted by molar-refractivity contribution is 5.93. The smallest absolute Gasteiger partial charge is 0.403 e. The molecule has 138 valence electrons. The predicted octanol–water partition coefficient (Wildman–Crippen LogP) is 3.08. The van der Waals surface area contributed by atoms with Crippen LogP contribution < -0.4 is 15.4 Å². The number of alkyl halides is 3. The van der Waals surface area contributed by atoms with Gasteiger partial charge < -0.3 is 15.4 Å². The van der Waals surface area contributed by atoms with Gasteiger partial charge in [0.2, 0.25) is 5.91 Å². The standard InChI is InChI=1S/C17H15F4N3O2/c1-10(25)24-8-6-16(22,15-13(24)3-2-7-23-15)11-4-5-14(12(18)9-11)26-17(19,20)21/h2-5,7,9H,6,8,22H2,1H3/t16-/m0/s1. The lowest BCUT2D eigenvalue weighted by Gasteiger charge is -2.40. The average Bonchev–Trinajstić information content (AvgIpc) is 2.55. The van der Waals surface area contributed by atoms with Gasteiger partial charge in [0, 0.05) is 19.7 Å². The van der Waals surface area contributed by atoms with Gasteiger partial charge >= 0.3 is 6.36 Å². The zero-order valence-corrected chi connectivity index (χ0v) is 13.7. The second kappa shape index (κ2) is 6.24. The van der Waals surface area contributed by atoms with E-state index in [0.29, 0.717) is 11.4 Å². The molecule has 2 aromatic rings. The fourth-order valence-corrected chi connectivity index (χ4v) is 3.08. The molecule has 0 saturated carbocycles. The molecule has 1 atom stereocenters. The van der Waals surface area contributed by atoms with Gasteiger partial charge in [-0.3, -0.25) is 9.78 Å². The van der Waals surface area contributed by atoms with Crippen molar-refractivity contribution in [2.75, 3.05) is 11.4 Å². The van der Waals surface area contributed by atoms with Gasteiger partial charge in [0.15, 0.2) is 11.6 Å². The van der Waals surface area contributed by atoms with Crippen molar-refractivity contribution in [1.82, 2.24) is 4.98 Å². The summed E-state index contributed by atoms with van der Waals surface area (Å²) in [6.07, 6.45) is -3.28. The quantitative estimate of drug-likeness (QED) is 0.826. The van der Waals surface area contributed by atoms with Crippen molar-refractivity contribution < 1.29 is 27.1 Å². The number of aromatic nitrogens is 1. The third kappa shape index (κ3) is 3.22. The monoisotopic (exact) mass is 369 g/mol. The molecule has 3 rings (SSSR count). The van der Waals surface area contributed by atoms with E-state index in [1.807, 2.05) is 0 Å². The first kappa shape index (κ1) is 18.1. The summed E-state index contributed by atoms with van der Waals surface area (Å²) in [5.41, 5.74) is 6.31. The second-order valence-electron chi connectivity index (χ2n) is 5.96. The van der Waals surface area contributed by atoms with E-state index in [1.165, 1.54) is 24.1 Å². The lowest BCUT2D eigenvalue weighted by atomic mass is 9.80. The number of halogens is 4. The number of carbonyl (C=O) groups excluding carboxylic acids is 1. The largest absolute Gasteiger partial charge is 0.573 e. The number of fused-ring (bicyclic) bond motifs is 1. The number of nitrogens with zero attached hydrogens (tertiary/aromatic N) is 2. The highest BCUT2D eigenvalue weighted by Gasteiger charge is 2.40. The molecule has 2 heterocycles. The van der Waals surface area contributed by atoms with Crippen LogP contribution in [0.1, 0.15) is 24.6 Å². The fourth-order valence-electron chi connectivity index (χ4n) is 3.08. The lowest BCUT2D eigenvalue weighted by molar-refractivity contribution is -0.275. The van der Waals surface area contributed by atoms with E-state index in [9.17, 15) is 22.4 Å². The summed E-state index contributed by atoms with van der Waals surface area (Å²) in [7, 11) is 0. The van der Waals surface area contributed by atoms with Gasteiger partial charge in [0.05, 0.1) is 16.9 Å². The Labute approximate surface area is 146 Å². The molecule has 0 aliphatic carbocycles. The van der Waals surface area contributed by atoms with Crippen molar-refractivity contribution in [3.05, 3.63) is 53.6 Å². The SMILES string of the molecule is CC(=O)N1CC[C@](N)(c2ccc(OC(F)(F)F)c(F)c2)c2ncccc21. The first-order valence-corrected chi connectivity index (χ1v) is 7.70. The molecule has 26 heavy (non-hydrogen) atoms. The summed E-state index contributed by atoms with van der Waals surface area (Å²) in [6.45, 7) is 1.68. The van der Waals surface area contributed by atoms with Crippen LogP contribution in [-0.2, 0) is 10.3 Å². The van der Waals surface area contributed by atoms with Gasteiger partial charge in [0.1, 0.15) is 0 Å². The molecule has 1 aliphatic heterocycles. The normalized spacial score (nSPS) is 19.8. The molecular weight excluding hydrogens is 354 g/mol. The first-order chi connectivity index (χ1) is 12.1. The highest BCUT2D eigenvalue weighted by atomic mass is 19.4. The molecule has 0 radical (unpaired) electrons. The van der Waals surface area contributed by atoms with Crippen molar-refractivity contribution >= 4 is 11.6 Å². The molecule has 1 aromatic heterocycles. The predicted molar refractivity (Wildman–Crippen MR) is 84.9 cm³/mol. The van der Waals surface area contributed by atoms with Gasteiger partial charge in [0.25, 0.3) is 0 Å². The Bertz CT molecular complexity index is 856. The third-order valence-electron chi connectivity index (χ3n) is 4.28. The number of ether oxygens (including phenoxy) is 1. The Morgan fingerprint density at radius 2 is 2.08 bits per heavy atom. The summed E-state index contributed by atoms with van der Waals surface area (Å²) < 4.78 is 54.7. The molecule has 1 aromatic carbocycles. The van der Waals surface area contributed by atoms with Crippen LogP contribution in [0.15, 0.2) is 36.5 Å². The van der Waals surface area contributed by atoms with Crippen LogP contribution in [0.2, 0.25) is 0 Å². The van der Waals surface area contributed by atoms with Crippen LogP contribution in [0.25, 0.3) is 0 Å². The number of nitrogens with two attached hydrogens (primary N) is 1. The van der Waals surface area contributed by atoms with Gasteiger partial charge in [-0.1, -0.05) is 6.07 Å². The van der Waals surface area contributed by atoms with Crippen molar-refractivity contribution in [1.29, 1.82) is 0 Å². The fraction of sp³-hybridized carbons (Fsp3) is 0.294. The Balaban J connectivity index is 2.05. The van der Waals surface area contributed by atoms with E-state index < -0.39 is 23.5 Å². The minimum absolute atomic E-state index is 0.193. The van der Waals surface area contributed by atoms with Crippen molar-refractivity contribution in [2.24, 2.45) is 5.73 Å². The average molecular weight is 369 g/mol. The molecule has 0 fully saturated rings. The summed E-state index contributed by atoms with van der Waals surface area (Å²) in [4.78, 5) is 17.6. The summed E-state index contributed by atoms with van der Waals surface area (Å²) >= 11 is 0. The molecule has 0 bridgehead atoms. The van der Waals surface area contributed by atoms with E-state index >= 15 is 0 Å². The molecule has 5 nitrogen and oxygen atoms in total. The maximum atomic E-state index is 14.1. The molecular formula is C17H15F4N3O2. The summed E-state index contributed by atoms with van der Waals surface area (Å²) in [5, 5.41) is 0. The molecule has 2 N–H and O–H groups in total. The van der Waals surface area contributed by atoms with Crippen LogP contribution in [0.3, 0.4) is 0 Å². The van der Waals surface area contributed by atoms with Crippen LogP contribution >= 0.6 is 0 Å². The number of carbonyl (C=O) groups is 1. The highest BCUT2D eigenvalue weighted by Crippen LogP contribution is 2.40. The maximum Gasteiger partial charge on any atom is 0.573 e.